The number of carbonyl (C=O) groups is 1. The lowest BCUT2D eigenvalue weighted by Crippen LogP contribution is -2.04. The fourth-order valence-corrected chi connectivity index (χ4v) is 1.16. The molecule has 0 N–H and O–H groups in total. The van der Waals surface area contributed by atoms with Crippen molar-refractivity contribution in [3.63, 3.8) is 0 Å². The van der Waals surface area contributed by atoms with E-state index in [0.717, 1.165) is 11.1 Å². The second-order valence-electron chi connectivity index (χ2n) is 3.25. The molecular weight excluding hydrogens is 190 g/mol. The van der Waals surface area contributed by atoms with E-state index in [4.69, 9.17) is 10.00 Å². The summed E-state index contributed by atoms with van der Waals surface area (Å²) in [6, 6.07) is 9.65. The molecular formula is C12H13NO2. The number of aryl methyl sites for hydroxylation is 1. The lowest BCUT2D eigenvalue weighted by atomic mass is 10.1. The molecule has 0 fully saturated rings. The zero-order chi connectivity index (χ0) is 11.1. The summed E-state index contributed by atoms with van der Waals surface area (Å²) < 4.78 is 5.02. The Hall–Kier alpha value is -1.82. The summed E-state index contributed by atoms with van der Waals surface area (Å²) in [6.07, 6.45) is 0.384. The molecule has 0 spiro atoms. The van der Waals surface area contributed by atoms with Gasteiger partial charge in [0.15, 0.2) is 0 Å². The Morgan fingerprint density at radius 1 is 1.47 bits per heavy atom. The third kappa shape index (κ3) is 3.82. The van der Waals surface area contributed by atoms with Gasteiger partial charge in [-0.15, -0.1) is 0 Å². The van der Waals surface area contributed by atoms with Crippen molar-refractivity contribution in [2.45, 2.75) is 26.4 Å². The zero-order valence-corrected chi connectivity index (χ0v) is 8.69. The SMILES string of the molecule is Cc1ccccc1COC(=O)CCC#N. The van der Waals surface area contributed by atoms with Crippen LogP contribution in [0, 0.1) is 18.3 Å². The molecule has 15 heavy (non-hydrogen) atoms. The predicted molar refractivity (Wildman–Crippen MR) is 55.8 cm³/mol. The summed E-state index contributed by atoms with van der Waals surface area (Å²) in [5.41, 5.74) is 2.10. The standard InChI is InChI=1S/C12H13NO2/c1-10-5-2-3-6-11(10)9-15-12(14)7-4-8-13/h2-3,5-6H,4,7,9H2,1H3. The maximum atomic E-state index is 11.1. The Morgan fingerprint density at radius 3 is 2.87 bits per heavy atom. The number of rotatable bonds is 4. The molecule has 1 aromatic rings. The molecule has 0 heterocycles. The minimum Gasteiger partial charge on any atom is -0.461 e. The summed E-state index contributed by atoms with van der Waals surface area (Å²) in [6.45, 7) is 2.26. The number of nitriles is 1. The van der Waals surface area contributed by atoms with Crippen molar-refractivity contribution in [3.05, 3.63) is 35.4 Å². The van der Waals surface area contributed by atoms with Crippen LogP contribution in [-0.4, -0.2) is 5.97 Å². The van der Waals surface area contributed by atoms with Gasteiger partial charge in [0.05, 0.1) is 12.5 Å². The van der Waals surface area contributed by atoms with E-state index >= 15 is 0 Å². The molecule has 3 heteroatoms. The first-order chi connectivity index (χ1) is 7.24. The van der Waals surface area contributed by atoms with Crippen molar-refractivity contribution in [1.82, 2.24) is 0 Å². The third-order valence-electron chi connectivity index (χ3n) is 2.09. The normalized spacial score (nSPS) is 9.33. The molecule has 1 rings (SSSR count). The van der Waals surface area contributed by atoms with Gasteiger partial charge in [-0.3, -0.25) is 4.79 Å². The van der Waals surface area contributed by atoms with Crippen LogP contribution in [0.1, 0.15) is 24.0 Å². The van der Waals surface area contributed by atoms with Crippen LogP contribution in [0.15, 0.2) is 24.3 Å². The van der Waals surface area contributed by atoms with Crippen molar-refractivity contribution in [1.29, 1.82) is 5.26 Å². The van der Waals surface area contributed by atoms with Crippen LogP contribution >= 0.6 is 0 Å². The summed E-state index contributed by atoms with van der Waals surface area (Å²) in [7, 11) is 0. The molecule has 0 unspecified atom stereocenters. The molecule has 0 radical (unpaired) electrons. The minimum atomic E-state index is -0.320. The van der Waals surface area contributed by atoms with Gasteiger partial charge in [0.25, 0.3) is 0 Å². The molecule has 0 amide bonds. The van der Waals surface area contributed by atoms with Gasteiger partial charge in [0, 0.05) is 6.42 Å². The maximum absolute atomic E-state index is 11.1. The fraction of sp³-hybridized carbons (Fsp3) is 0.333. The number of carbonyl (C=O) groups excluding carboxylic acids is 1. The monoisotopic (exact) mass is 203 g/mol. The Bertz CT molecular complexity index is 379. The average Bonchev–Trinajstić information content (AvgIpc) is 2.25. The summed E-state index contributed by atoms with van der Waals surface area (Å²) in [5.74, 6) is -0.320. The van der Waals surface area contributed by atoms with E-state index in [1.807, 2.05) is 37.3 Å². The first-order valence-corrected chi connectivity index (χ1v) is 4.81. The smallest absolute Gasteiger partial charge is 0.307 e. The number of benzene rings is 1. The van der Waals surface area contributed by atoms with E-state index in [1.165, 1.54) is 0 Å². The van der Waals surface area contributed by atoms with Crippen molar-refractivity contribution in [2.24, 2.45) is 0 Å². The van der Waals surface area contributed by atoms with Crippen LogP contribution in [0.4, 0.5) is 0 Å². The molecule has 0 aliphatic heterocycles. The molecule has 78 valence electrons. The number of hydrogen-bond donors (Lipinski definition) is 0. The highest BCUT2D eigenvalue weighted by Crippen LogP contribution is 2.08. The molecule has 0 aliphatic carbocycles. The molecule has 0 aromatic heterocycles. The quantitative estimate of drug-likeness (QED) is 0.706. The molecule has 1 aromatic carbocycles. The van der Waals surface area contributed by atoms with Crippen LogP contribution in [0.2, 0.25) is 0 Å². The molecule has 0 saturated heterocycles. The lowest BCUT2D eigenvalue weighted by molar-refractivity contribution is -0.144. The number of hydrogen-bond acceptors (Lipinski definition) is 3. The summed E-state index contributed by atoms with van der Waals surface area (Å²) in [5, 5.41) is 8.29. The van der Waals surface area contributed by atoms with Gasteiger partial charge in [-0.2, -0.15) is 5.26 Å². The van der Waals surface area contributed by atoms with E-state index in [0.29, 0.717) is 0 Å². The Labute approximate surface area is 89.3 Å². The Balaban J connectivity index is 2.41. The van der Waals surface area contributed by atoms with Crippen molar-refractivity contribution in [3.8, 4) is 6.07 Å². The Kier molecular flexibility index (Phi) is 4.36. The van der Waals surface area contributed by atoms with Gasteiger partial charge in [-0.25, -0.2) is 0 Å². The lowest BCUT2D eigenvalue weighted by Gasteiger charge is -2.06. The maximum Gasteiger partial charge on any atom is 0.307 e. The van der Waals surface area contributed by atoms with Crippen molar-refractivity contribution >= 4 is 5.97 Å². The Morgan fingerprint density at radius 2 is 2.20 bits per heavy atom. The van der Waals surface area contributed by atoms with Crippen LogP contribution in [0.25, 0.3) is 0 Å². The second-order valence-corrected chi connectivity index (χ2v) is 3.25. The average molecular weight is 203 g/mol. The zero-order valence-electron chi connectivity index (χ0n) is 8.69. The van der Waals surface area contributed by atoms with Gasteiger partial charge < -0.3 is 4.74 Å². The van der Waals surface area contributed by atoms with E-state index in [2.05, 4.69) is 0 Å². The third-order valence-corrected chi connectivity index (χ3v) is 2.09. The number of ether oxygens (including phenoxy) is 1. The first kappa shape index (κ1) is 11.3. The number of nitrogens with zero attached hydrogens (tertiary/aromatic N) is 1. The van der Waals surface area contributed by atoms with E-state index in [-0.39, 0.29) is 25.4 Å². The molecule has 0 saturated carbocycles. The summed E-state index contributed by atoms with van der Waals surface area (Å²) >= 11 is 0. The topological polar surface area (TPSA) is 50.1 Å². The largest absolute Gasteiger partial charge is 0.461 e. The van der Waals surface area contributed by atoms with Crippen LogP contribution < -0.4 is 0 Å². The van der Waals surface area contributed by atoms with E-state index in [9.17, 15) is 4.79 Å². The number of esters is 1. The summed E-state index contributed by atoms with van der Waals surface area (Å²) in [4.78, 5) is 11.1. The predicted octanol–water partition coefficient (Wildman–Crippen LogP) is 2.34. The van der Waals surface area contributed by atoms with Crippen LogP contribution in [-0.2, 0) is 16.1 Å². The first-order valence-electron chi connectivity index (χ1n) is 4.81. The fourth-order valence-electron chi connectivity index (χ4n) is 1.16. The molecule has 0 atom stereocenters. The molecule has 0 aliphatic rings. The van der Waals surface area contributed by atoms with Crippen LogP contribution in [0.5, 0.6) is 0 Å². The van der Waals surface area contributed by atoms with Crippen LogP contribution in [0.3, 0.4) is 0 Å². The highest BCUT2D eigenvalue weighted by atomic mass is 16.5. The molecule has 3 nitrogen and oxygen atoms in total. The van der Waals surface area contributed by atoms with Gasteiger partial charge >= 0.3 is 5.97 Å². The van der Waals surface area contributed by atoms with Crippen molar-refractivity contribution in [2.75, 3.05) is 0 Å². The van der Waals surface area contributed by atoms with Gasteiger partial charge in [0.2, 0.25) is 0 Å². The highest BCUT2D eigenvalue weighted by Gasteiger charge is 2.03. The van der Waals surface area contributed by atoms with Gasteiger partial charge in [-0.05, 0) is 18.1 Å². The van der Waals surface area contributed by atoms with Gasteiger partial charge in [0.1, 0.15) is 6.61 Å². The minimum absolute atomic E-state index is 0.169. The van der Waals surface area contributed by atoms with Gasteiger partial charge in [-0.1, -0.05) is 24.3 Å². The van der Waals surface area contributed by atoms with E-state index < -0.39 is 0 Å². The highest BCUT2D eigenvalue weighted by molar-refractivity contribution is 5.69. The molecule has 0 bridgehead atoms. The second kappa shape index (κ2) is 5.82. The van der Waals surface area contributed by atoms with E-state index in [1.54, 1.807) is 0 Å². The van der Waals surface area contributed by atoms with Crippen molar-refractivity contribution < 1.29 is 9.53 Å².